The van der Waals surface area contributed by atoms with Gasteiger partial charge in [-0.15, -0.1) is 0 Å². The Morgan fingerprint density at radius 1 is 1.21 bits per heavy atom. The van der Waals surface area contributed by atoms with Crippen molar-refractivity contribution < 1.29 is 9.53 Å². The standard InChI is InChI=1S/C18H18Br2N2O2/c1-18(2)10-15(12-9-11(19)7-8-16(12)24-18)22-17(23)21-14-6-4-3-5-13(14)20/h3-9,15H,10H2,1-2H3,(H2,21,22,23). The lowest BCUT2D eigenvalue weighted by Gasteiger charge is -2.38. The average Bonchev–Trinajstić information content (AvgIpc) is 2.49. The first-order valence-electron chi connectivity index (χ1n) is 7.64. The number of hydrogen-bond acceptors (Lipinski definition) is 2. The summed E-state index contributed by atoms with van der Waals surface area (Å²) in [5, 5.41) is 5.94. The summed E-state index contributed by atoms with van der Waals surface area (Å²) in [6.07, 6.45) is 0.694. The van der Waals surface area contributed by atoms with Crippen LogP contribution in [0.5, 0.6) is 5.75 Å². The minimum atomic E-state index is -0.341. The van der Waals surface area contributed by atoms with Crippen molar-refractivity contribution in [3.8, 4) is 5.75 Å². The zero-order valence-corrected chi connectivity index (χ0v) is 16.6. The highest BCUT2D eigenvalue weighted by Crippen LogP contribution is 2.40. The molecule has 2 aromatic carbocycles. The Balaban J connectivity index is 1.80. The van der Waals surface area contributed by atoms with E-state index in [0.717, 1.165) is 25.9 Å². The lowest BCUT2D eigenvalue weighted by atomic mass is 9.90. The van der Waals surface area contributed by atoms with Gasteiger partial charge in [0.25, 0.3) is 0 Å². The van der Waals surface area contributed by atoms with Gasteiger partial charge < -0.3 is 15.4 Å². The van der Waals surface area contributed by atoms with Crippen molar-refractivity contribution in [1.29, 1.82) is 0 Å². The summed E-state index contributed by atoms with van der Waals surface area (Å²) in [6.45, 7) is 4.05. The Morgan fingerprint density at radius 3 is 2.71 bits per heavy atom. The van der Waals surface area contributed by atoms with Crippen LogP contribution in [0.2, 0.25) is 0 Å². The molecule has 1 unspecified atom stereocenters. The van der Waals surface area contributed by atoms with Crippen molar-refractivity contribution in [3.63, 3.8) is 0 Å². The average molecular weight is 454 g/mol. The van der Waals surface area contributed by atoms with E-state index in [4.69, 9.17) is 4.74 Å². The second-order valence-electron chi connectivity index (χ2n) is 6.38. The summed E-state index contributed by atoms with van der Waals surface area (Å²) in [5.41, 5.74) is 1.37. The molecule has 3 rings (SSSR count). The summed E-state index contributed by atoms with van der Waals surface area (Å²) in [7, 11) is 0. The van der Waals surface area contributed by atoms with Gasteiger partial charge in [-0.25, -0.2) is 4.79 Å². The predicted octanol–water partition coefficient (Wildman–Crippen LogP) is 5.64. The van der Waals surface area contributed by atoms with E-state index >= 15 is 0 Å². The number of nitrogens with one attached hydrogen (secondary N) is 2. The molecule has 0 aromatic heterocycles. The number of carbonyl (C=O) groups excluding carboxylic acids is 1. The molecule has 1 aliphatic rings. The molecule has 1 aliphatic heterocycles. The number of carbonyl (C=O) groups is 1. The van der Waals surface area contributed by atoms with Gasteiger partial charge in [-0.1, -0.05) is 28.1 Å². The second-order valence-corrected chi connectivity index (χ2v) is 8.15. The van der Waals surface area contributed by atoms with Gasteiger partial charge in [0.2, 0.25) is 0 Å². The van der Waals surface area contributed by atoms with Gasteiger partial charge in [0.15, 0.2) is 0 Å². The highest BCUT2D eigenvalue weighted by molar-refractivity contribution is 9.10. The molecule has 2 aromatic rings. The maximum atomic E-state index is 12.4. The van der Waals surface area contributed by atoms with Crippen LogP contribution in [0.1, 0.15) is 31.9 Å². The molecule has 0 saturated heterocycles. The molecular weight excluding hydrogens is 436 g/mol. The Labute approximate surface area is 158 Å². The molecule has 0 spiro atoms. The third kappa shape index (κ3) is 3.92. The highest BCUT2D eigenvalue weighted by Gasteiger charge is 2.34. The number of hydrogen-bond donors (Lipinski definition) is 2. The smallest absolute Gasteiger partial charge is 0.319 e. The SMILES string of the molecule is CC1(C)CC(NC(=O)Nc2ccccc2Br)c2cc(Br)ccc2O1. The third-order valence-electron chi connectivity index (χ3n) is 3.86. The normalized spacial score (nSPS) is 18.2. The Hall–Kier alpha value is -1.53. The summed E-state index contributed by atoms with van der Waals surface area (Å²) >= 11 is 6.92. The number of rotatable bonds is 2. The Bertz CT molecular complexity index is 777. The fourth-order valence-corrected chi connectivity index (χ4v) is 3.60. The molecule has 2 N–H and O–H groups in total. The van der Waals surface area contributed by atoms with Crippen LogP contribution in [0.25, 0.3) is 0 Å². The van der Waals surface area contributed by atoms with Crippen LogP contribution in [0.15, 0.2) is 51.4 Å². The van der Waals surface area contributed by atoms with Gasteiger partial charge in [-0.2, -0.15) is 0 Å². The lowest BCUT2D eigenvalue weighted by Crippen LogP contribution is -2.42. The van der Waals surface area contributed by atoms with Crippen molar-refractivity contribution in [2.75, 3.05) is 5.32 Å². The van der Waals surface area contributed by atoms with Crippen LogP contribution in [-0.2, 0) is 0 Å². The zero-order chi connectivity index (χ0) is 17.3. The second kappa shape index (κ2) is 6.76. The molecule has 0 radical (unpaired) electrons. The van der Waals surface area contributed by atoms with E-state index < -0.39 is 0 Å². The number of benzene rings is 2. The molecule has 0 aliphatic carbocycles. The van der Waals surface area contributed by atoms with Crippen molar-refractivity contribution in [3.05, 3.63) is 57.0 Å². The van der Waals surface area contributed by atoms with Crippen molar-refractivity contribution in [2.24, 2.45) is 0 Å². The number of para-hydroxylation sites is 1. The van der Waals surface area contributed by atoms with Crippen LogP contribution < -0.4 is 15.4 Å². The van der Waals surface area contributed by atoms with E-state index in [1.807, 2.05) is 56.3 Å². The molecule has 1 atom stereocenters. The zero-order valence-electron chi connectivity index (χ0n) is 13.4. The number of anilines is 1. The number of halogens is 2. The maximum Gasteiger partial charge on any atom is 0.319 e. The molecule has 24 heavy (non-hydrogen) atoms. The number of fused-ring (bicyclic) bond motifs is 1. The van der Waals surface area contributed by atoms with Gasteiger partial charge in [-0.05, 0) is 60.1 Å². The molecule has 1 heterocycles. The van der Waals surface area contributed by atoms with Crippen LogP contribution >= 0.6 is 31.9 Å². The summed E-state index contributed by atoms with van der Waals surface area (Å²) < 4.78 is 7.83. The number of urea groups is 1. The molecule has 4 nitrogen and oxygen atoms in total. The Kier molecular flexibility index (Phi) is 4.88. The minimum Gasteiger partial charge on any atom is -0.487 e. The van der Waals surface area contributed by atoms with Gasteiger partial charge in [0, 0.05) is 20.9 Å². The van der Waals surface area contributed by atoms with Crippen LogP contribution in [0.3, 0.4) is 0 Å². The lowest BCUT2D eigenvalue weighted by molar-refractivity contribution is 0.0682. The largest absolute Gasteiger partial charge is 0.487 e. The molecule has 2 amide bonds. The molecule has 0 bridgehead atoms. The predicted molar refractivity (Wildman–Crippen MR) is 103 cm³/mol. The summed E-state index contributed by atoms with van der Waals surface area (Å²) in [5.74, 6) is 0.806. The van der Waals surface area contributed by atoms with Crippen molar-refractivity contribution >= 4 is 43.6 Å². The topological polar surface area (TPSA) is 50.4 Å². The number of amides is 2. The highest BCUT2D eigenvalue weighted by atomic mass is 79.9. The first-order chi connectivity index (χ1) is 11.3. The van der Waals surface area contributed by atoms with E-state index in [0.29, 0.717) is 6.42 Å². The van der Waals surface area contributed by atoms with Gasteiger partial charge in [0.05, 0.1) is 11.7 Å². The monoisotopic (exact) mass is 452 g/mol. The first-order valence-corrected chi connectivity index (χ1v) is 9.23. The fraction of sp³-hybridized carbons (Fsp3) is 0.278. The van der Waals surface area contributed by atoms with Crippen LogP contribution in [0, 0.1) is 0 Å². The first kappa shape index (κ1) is 17.3. The van der Waals surface area contributed by atoms with Gasteiger partial charge >= 0.3 is 6.03 Å². The number of ether oxygens (including phenoxy) is 1. The summed E-state index contributed by atoms with van der Waals surface area (Å²) in [6, 6.07) is 13.0. The maximum absolute atomic E-state index is 12.4. The van der Waals surface area contributed by atoms with Crippen molar-refractivity contribution in [2.45, 2.75) is 31.9 Å². The Morgan fingerprint density at radius 2 is 1.96 bits per heavy atom. The quantitative estimate of drug-likeness (QED) is 0.618. The summed E-state index contributed by atoms with van der Waals surface area (Å²) in [4.78, 5) is 12.4. The van der Waals surface area contributed by atoms with E-state index in [2.05, 4.69) is 42.5 Å². The minimum absolute atomic E-state index is 0.122. The van der Waals surface area contributed by atoms with Gasteiger partial charge in [-0.3, -0.25) is 0 Å². The van der Waals surface area contributed by atoms with E-state index in [1.165, 1.54) is 0 Å². The molecule has 0 saturated carbocycles. The molecule has 126 valence electrons. The van der Waals surface area contributed by atoms with Crippen LogP contribution in [0.4, 0.5) is 10.5 Å². The third-order valence-corrected chi connectivity index (χ3v) is 5.04. The van der Waals surface area contributed by atoms with E-state index in [1.54, 1.807) is 0 Å². The van der Waals surface area contributed by atoms with E-state index in [-0.39, 0.29) is 17.7 Å². The van der Waals surface area contributed by atoms with E-state index in [9.17, 15) is 4.79 Å². The molecule has 0 fully saturated rings. The van der Waals surface area contributed by atoms with Crippen LogP contribution in [-0.4, -0.2) is 11.6 Å². The molecule has 6 heteroatoms. The van der Waals surface area contributed by atoms with Gasteiger partial charge in [0.1, 0.15) is 11.4 Å². The fourth-order valence-electron chi connectivity index (χ4n) is 2.83. The molecular formula is C18H18Br2N2O2. The van der Waals surface area contributed by atoms with Crippen molar-refractivity contribution in [1.82, 2.24) is 5.32 Å².